The van der Waals surface area contributed by atoms with Crippen LogP contribution >= 0.6 is 11.8 Å². The van der Waals surface area contributed by atoms with E-state index in [9.17, 15) is 9.90 Å². The number of para-hydroxylation sites is 1. The van der Waals surface area contributed by atoms with Crippen molar-refractivity contribution in [3.63, 3.8) is 0 Å². The van der Waals surface area contributed by atoms with Gasteiger partial charge in [0, 0.05) is 18.0 Å². The van der Waals surface area contributed by atoms with Crippen LogP contribution in [-0.2, 0) is 0 Å². The first-order valence-corrected chi connectivity index (χ1v) is 6.90. The second-order valence-corrected chi connectivity index (χ2v) is 4.49. The molecule has 1 aromatic carbocycles. The molecule has 2 N–H and O–H groups in total. The molecule has 20 heavy (non-hydrogen) atoms. The fraction of sp³-hybridized carbons (Fsp3) is 0.0769. The summed E-state index contributed by atoms with van der Waals surface area (Å²) in [4.78, 5) is 19.9. The van der Waals surface area contributed by atoms with Crippen LogP contribution in [0.25, 0.3) is 0 Å². The van der Waals surface area contributed by atoms with E-state index in [0.29, 0.717) is 10.7 Å². The van der Waals surface area contributed by atoms with Gasteiger partial charge < -0.3 is 5.11 Å². The van der Waals surface area contributed by atoms with Gasteiger partial charge in [0.2, 0.25) is 0 Å². The van der Waals surface area contributed by atoms with Gasteiger partial charge in [-0.3, -0.25) is 4.79 Å². The number of carbonyl (C=O) groups is 1. The monoisotopic (exact) mass is 288 g/mol. The summed E-state index contributed by atoms with van der Waals surface area (Å²) in [5, 5.41) is 14.0. The Labute approximate surface area is 120 Å². The van der Waals surface area contributed by atoms with E-state index in [1.165, 1.54) is 30.1 Å². The molecule has 2 rings (SSSR count). The van der Waals surface area contributed by atoms with Crippen molar-refractivity contribution in [3.05, 3.63) is 47.8 Å². The van der Waals surface area contributed by atoms with Crippen molar-refractivity contribution >= 4 is 23.9 Å². The molecule has 102 valence electrons. The number of thioether (sulfide) groups is 1. The molecule has 0 fully saturated rings. The third-order valence-electron chi connectivity index (χ3n) is 2.36. The maximum absolute atomic E-state index is 11.7. The minimum absolute atomic E-state index is 0.0899. The van der Waals surface area contributed by atoms with Crippen molar-refractivity contribution in [1.29, 1.82) is 0 Å². The lowest BCUT2D eigenvalue weighted by atomic mass is 10.2. The predicted molar refractivity (Wildman–Crippen MR) is 77.0 cm³/mol. The molecule has 0 radical (unpaired) electrons. The Morgan fingerprint density at radius 2 is 2.05 bits per heavy atom. The molecule has 7 heteroatoms. The first kappa shape index (κ1) is 14.0. The lowest BCUT2D eigenvalue weighted by molar-refractivity contribution is 0.0952. The Bertz CT molecular complexity index is 629. The summed E-state index contributed by atoms with van der Waals surface area (Å²) >= 11 is 1.44. The minimum Gasteiger partial charge on any atom is -0.507 e. The normalized spacial score (nSPS) is 10.7. The average molecular weight is 288 g/mol. The Hall–Kier alpha value is -2.41. The quantitative estimate of drug-likeness (QED) is 0.387. The van der Waals surface area contributed by atoms with Gasteiger partial charge in [0.25, 0.3) is 5.91 Å². The van der Waals surface area contributed by atoms with Gasteiger partial charge in [0.1, 0.15) is 5.75 Å². The fourth-order valence-corrected chi connectivity index (χ4v) is 1.71. The van der Waals surface area contributed by atoms with Crippen molar-refractivity contribution < 1.29 is 9.90 Å². The third-order valence-corrected chi connectivity index (χ3v) is 2.94. The zero-order valence-corrected chi connectivity index (χ0v) is 11.5. The molecule has 0 saturated heterocycles. The molecule has 0 saturated carbocycles. The summed E-state index contributed by atoms with van der Waals surface area (Å²) in [7, 11) is 0. The summed E-state index contributed by atoms with van der Waals surface area (Å²) in [6.07, 6.45) is 6.53. The third kappa shape index (κ3) is 3.55. The van der Waals surface area contributed by atoms with Crippen molar-refractivity contribution in [2.45, 2.75) is 5.16 Å². The zero-order valence-electron chi connectivity index (χ0n) is 10.6. The van der Waals surface area contributed by atoms with Gasteiger partial charge in [0.15, 0.2) is 5.16 Å². The highest BCUT2D eigenvalue weighted by atomic mass is 32.2. The Morgan fingerprint density at radius 3 is 2.70 bits per heavy atom. The summed E-state index contributed by atoms with van der Waals surface area (Å²) in [6.45, 7) is 0. The number of aromatic hydroxyl groups is 1. The number of hydrogen-bond donors (Lipinski definition) is 2. The van der Waals surface area contributed by atoms with Crippen LogP contribution in [0.15, 0.2) is 46.9 Å². The summed E-state index contributed by atoms with van der Waals surface area (Å²) in [6, 6.07) is 6.25. The number of phenolic OH excluding ortho intramolecular Hbond substituents is 1. The number of nitrogens with zero attached hydrogens (tertiary/aromatic N) is 3. The van der Waals surface area contributed by atoms with Crippen LogP contribution in [0.1, 0.15) is 15.9 Å². The lowest BCUT2D eigenvalue weighted by Crippen LogP contribution is -2.17. The molecule has 1 heterocycles. The number of hydrogen-bond acceptors (Lipinski definition) is 6. The minimum atomic E-state index is -0.485. The molecular formula is C13H12N4O2S. The summed E-state index contributed by atoms with van der Waals surface area (Å²) in [5.74, 6) is -0.575. The number of aromatic nitrogens is 2. The first-order chi connectivity index (χ1) is 9.70. The highest BCUT2D eigenvalue weighted by Crippen LogP contribution is 2.14. The van der Waals surface area contributed by atoms with Gasteiger partial charge in [-0.05, 0) is 18.4 Å². The largest absolute Gasteiger partial charge is 0.507 e. The number of rotatable bonds is 4. The molecule has 1 aromatic heterocycles. The van der Waals surface area contributed by atoms with Gasteiger partial charge in [-0.15, -0.1) is 0 Å². The topological polar surface area (TPSA) is 87.5 Å². The Kier molecular flexibility index (Phi) is 4.67. The van der Waals surface area contributed by atoms with Crippen molar-refractivity contribution in [1.82, 2.24) is 15.4 Å². The highest BCUT2D eigenvalue weighted by molar-refractivity contribution is 7.98. The fourth-order valence-electron chi connectivity index (χ4n) is 1.39. The second-order valence-electron chi connectivity index (χ2n) is 3.72. The molecule has 0 bridgehead atoms. The number of hydrazone groups is 1. The number of phenols is 1. The smallest absolute Gasteiger partial charge is 0.275 e. The molecule has 0 atom stereocenters. The molecule has 1 amide bonds. The van der Waals surface area contributed by atoms with E-state index in [1.54, 1.807) is 24.5 Å². The van der Waals surface area contributed by atoms with E-state index < -0.39 is 5.91 Å². The first-order valence-electron chi connectivity index (χ1n) is 5.68. The highest BCUT2D eigenvalue weighted by Gasteiger charge is 2.08. The van der Waals surface area contributed by atoms with Crippen molar-refractivity contribution in [2.24, 2.45) is 5.10 Å². The second kappa shape index (κ2) is 6.67. The average Bonchev–Trinajstić information content (AvgIpc) is 2.48. The molecule has 0 spiro atoms. The van der Waals surface area contributed by atoms with Crippen molar-refractivity contribution in [3.8, 4) is 5.75 Å². The lowest BCUT2D eigenvalue weighted by Gasteiger charge is -2.01. The van der Waals surface area contributed by atoms with Crippen LogP contribution in [-0.4, -0.2) is 33.5 Å². The summed E-state index contributed by atoms with van der Waals surface area (Å²) in [5.41, 5.74) is 3.16. The van der Waals surface area contributed by atoms with Gasteiger partial charge in [-0.25, -0.2) is 15.4 Å². The van der Waals surface area contributed by atoms with E-state index in [0.717, 1.165) is 0 Å². The SMILES string of the molecule is CSc1ncc(/C=N\NC(=O)c2ccccc2O)cn1. The number of benzene rings is 1. The summed E-state index contributed by atoms with van der Waals surface area (Å²) < 4.78 is 0. The Morgan fingerprint density at radius 1 is 1.35 bits per heavy atom. The van der Waals surface area contributed by atoms with Gasteiger partial charge >= 0.3 is 0 Å². The maximum atomic E-state index is 11.7. The van der Waals surface area contributed by atoms with E-state index in [-0.39, 0.29) is 11.3 Å². The molecule has 0 aliphatic rings. The molecule has 6 nitrogen and oxygen atoms in total. The van der Waals surface area contributed by atoms with Crippen LogP contribution in [0.2, 0.25) is 0 Å². The molecular weight excluding hydrogens is 276 g/mol. The van der Waals surface area contributed by atoms with Crippen LogP contribution < -0.4 is 5.43 Å². The van der Waals surface area contributed by atoms with E-state index in [2.05, 4.69) is 20.5 Å². The van der Waals surface area contributed by atoms with Crippen LogP contribution in [0.5, 0.6) is 5.75 Å². The molecule has 0 aliphatic heterocycles. The molecule has 2 aromatic rings. The number of amides is 1. The number of carbonyl (C=O) groups excluding carboxylic acids is 1. The van der Waals surface area contributed by atoms with Gasteiger partial charge in [-0.2, -0.15) is 5.10 Å². The Balaban J connectivity index is 1.99. The van der Waals surface area contributed by atoms with Crippen LogP contribution in [0.4, 0.5) is 0 Å². The standard InChI is InChI=1S/C13H12N4O2S/c1-20-13-14-6-9(7-15-13)8-16-17-12(19)10-4-2-3-5-11(10)18/h2-8,18H,1H3,(H,17,19)/b16-8-. The van der Waals surface area contributed by atoms with E-state index in [4.69, 9.17) is 0 Å². The van der Waals surface area contributed by atoms with E-state index in [1.807, 2.05) is 6.26 Å². The maximum Gasteiger partial charge on any atom is 0.275 e. The van der Waals surface area contributed by atoms with Gasteiger partial charge in [-0.1, -0.05) is 23.9 Å². The van der Waals surface area contributed by atoms with E-state index >= 15 is 0 Å². The van der Waals surface area contributed by atoms with Crippen molar-refractivity contribution in [2.75, 3.05) is 6.26 Å². The zero-order chi connectivity index (χ0) is 14.4. The van der Waals surface area contributed by atoms with Crippen LogP contribution in [0, 0.1) is 0 Å². The van der Waals surface area contributed by atoms with Crippen LogP contribution in [0.3, 0.4) is 0 Å². The number of nitrogens with one attached hydrogen (secondary N) is 1. The molecule has 0 unspecified atom stereocenters. The van der Waals surface area contributed by atoms with Gasteiger partial charge in [0.05, 0.1) is 11.8 Å². The predicted octanol–water partition coefficient (Wildman–Crippen LogP) is 1.67. The molecule has 0 aliphatic carbocycles.